The zero-order valence-electron chi connectivity index (χ0n) is 12.2. The average molecular weight is 408 g/mol. The van der Waals surface area contributed by atoms with Crippen LogP contribution in [0.3, 0.4) is 0 Å². The van der Waals surface area contributed by atoms with Crippen LogP contribution in [0, 0.1) is 0 Å². The Balaban J connectivity index is 2.07. The Morgan fingerprint density at radius 1 is 0.920 bits per heavy atom. The highest BCUT2D eigenvalue weighted by Crippen LogP contribution is 2.47. The van der Waals surface area contributed by atoms with Crippen LogP contribution in [-0.4, -0.2) is 5.11 Å². The molecule has 1 N–H and O–H groups in total. The average Bonchev–Trinajstić information content (AvgIpc) is 2.54. The molecule has 130 valence electrons. The van der Waals surface area contributed by atoms with E-state index in [0.717, 1.165) is 5.39 Å². The number of aromatic hydroxyl groups is 1. The normalized spacial score (nSPS) is 11.8. The lowest BCUT2D eigenvalue weighted by molar-refractivity contribution is -0.137. The second-order valence-corrected chi connectivity index (χ2v) is 6.29. The molecule has 2 nitrogen and oxygen atoms in total. The quantitative estimate of drug-likeness (QED) is 0.451. The molecular formula is C17H8Cl3F3O2. The topological polar surface area (TPSA) is 29.5 Å². The highest BCUT2D eigenvalue weighted by atomic mass is 35.5. The largest absolute Gasteiger partial charge is 0.507 e. The van der Waals surface area contributed by atoms with E-state index < -0.39 is 21.8 Å². The van der Waals surface area contributed by atoms with Crippen LogP contribution in [0.1, 0.15) is 5.56 Å². The number of hydrogen-bond acceptors (Lipinski definition) is 2. The van der Waals surface area contributed by atoms with Gasteiger partial charge in [0, 0.05) is 5.39 Å². The van der Waals surface area contributed by atoms with Crippen molar-refractivity contribution < 1.29 is 23.0 Å². The van der Waals surface area contributed by atoms with Crippen LogP contribution in [0.25, 0.3) is 10.8 Å². The van der Waals surface area contributed by atoms with Crippen molar-refractivity contribution in [3.05, 3.63) is 63.1 Å². The Kier molecular flexibility index (Phi) is 4.66. The van der Waals surface area contributed by atoms with Gasteiger partial charge in [0.2, 0.25) is 0 Å². The van der Waals surface area contributed by atoms with E-state index >= 15 is 0 Å². The van der Waals surface area contributed by atoms with Gasteiger partial charge in [-0.15, -0.1) is 0 Å². The van der Waals surface area contributed by atoms with Crippen molar-refractivity contribution in [2.24, 2.45) is 0 Å². The molecule has 0 aliphatic heterocycles. The fourth-order valence-electron chi connectivity index (χ4n) is 2.29. The van der Waals surface area contributed by atoms with Gasteiger partial charge in [-0.3, -0.25) is 0 Å². The van der Waals surface area contributed by atoms with Crippen molar-refractivity contribution in [3.63, 3.8) is 0 Å². The number of phenols is 1. The van der Waals surface area contributed by atoms with E-state index in [0.29, 0.717) is 11.5 Å². The Morgan fingerprint density at radius 2 is 1.64 bits per heavy atom. The summed E-state index contributed by atoms with van der Waals surface area (Å²) in [4.78, 5) is 0. The van der Waals surface area contributed by atoms with Crippen LogP contribution >= 0.6 is 34.8 Å². The number of halogens is 6. The van der Waals surface area contributed by atoms with E-state index in [-0.39, 0.29) is 22.3 Å². The first-order chi connectivity index (χ1) is 11.7. The molecule has 0 amide bonds. The van der Waals surface area contributed by atoms with Gasteiger partial charge in [-0.05, 0) is 29.7 Å². The fourth-order valence-corrected chi connectivity index (χ4v) is 3.08. The van der Waals surface area contributed by atoms with Crippen LogP contribution in [0.4, 0.5) is 13.2 Å². The summed E-state index contributed by atoms with van der Waals surface area (Å²) in [5.74, 6) is 0.0651. The van der Waals surface area contributed by atoms with Crippen molar-refractivity contribution in [2.45, 2.75) is 6.18 Å². The summed E-state index contributed by atoms with van der Waals surface area (Å²) in [5, 5.41) is 9.67. The molecule has 0 aromatic heterocycles. The van der Waals surface area contributed by atoms with E-state index in [1.807, 2.05) is 0 Å². The van der Waals surface area contributed by atoms with E-state index in [2.05, 4.69) is 0 Å². The van der Waals surface area contributed by atoms with Gasteiger partial charge in [0.25, 0.3) is 0 Å². The zero-order chi connectivity index (χ0) is 18.4. The molecule has 0 radical (unpaired) electrons. The van der Waals surface area contributed by atoms with Crippen LogP contribution in [-0.2, 0) is 6.18 Å². The maximum absolute atomic E-state index is 12.9. The molecule has 3 aromatic rings. The number of ether oxygens (including phenoxy) is 1. The first kappa shape index (κ1) is 18.0. The van der Waals surface area contributed by atoms with Gasteiger partial charge >= 0.3 is 6.18 Å². The smallest absolute Gasteiger partial charge is 0.417 e. The second-order valence-electron chi connectivity index (χ2n) is 5.12. The third-order valence-corrected chi connectivity index (χ3v) is 4.60. The van der Waals surface area contributed by atoms with Crippen LogP contribution < -0.4 is 4.74 Å². The number of hydrogen-bond donors (Lipinski definition) is 1. The predicted molar refractivity (Wildman–Crippen MR) is 92.2 cm³/mol. The van der Waals surface area contributed by atoms with Crippen molar-refractivity contribution in [2.75, 3.05) is 0 Å². The summed E-state index contributed by atoms with van der Waals surface area (Å²) in [7, 11) is 0. The molecule has 0 heterocycles. The molecule has 0 atom stereocenters. The van der Waals surface area contributed by atoms with E-state index in [9.17, 15) is 18.3 Å². The molecule has 0 spiro atoms. The number of fused-ring (bicyclic) bond motifs is 1. The van der Waals surface area contributed by atoms with Gasteiger partial charge in [0.05, 0.1) is 15.6 Å². The van der Waals surface area contributed by atoms with E-state index in [4.69, 9.17) is 39.5 Å². The highest BCUT2D eigenvalue weighted by Gasteiger charge is 2.36. The second kappa shape index (κ2) is 6.48. The Morgan fingerprint density at radius 3 is 2.32 bits per heavy atom. The zero-order valence-corrected chi connectivity index (χ0v) is 14.4. The van der Waals surface area contributed by atoms with Gasteiger partial charge in [0.15, 0.2) is 5.75 Å². The molecule has 0 aliphatic carbocycles. The van der Waals surface area contributed by atoms with Crippen molar-refractivity contribution in [1.82, 2.24) is 0 Å². The maximum Gasteiger partial charge on any atom is 0.417 e. The SMILES string of the molecule is Oc1cccc2ccc(Oc3c(Cl)cc(C(F)(F)F)c(Cl)c3Cl)cc12. The molecule has 0 unspecified atom stereocenters. The van der Waals surface area contributed by atoms with Gasteiger partial charge in [0.1, 0.15) is 16.5 Å². The third-order valence-electron chi connectivity index (χ3n) is 3.47. The van der Waals surface area contributed by atoms with Gasteiger partial charge in [-0.2, -0.15) is 13.2 Å². The first-order valence-electron chi connectivity index (χ1n) is 6.83. The molecule has 3 aromatic carbocycles. The highest BCUT2D eigenvalue weighted by molar-refractivity contribution is 6.45. The summed E-state index contributed by atoms with van der Waals surface area (Å²) in [6.45, 7) is 0. The molecule has 0 saturated carbocycles. The summed E-state index contributed by atoms with van der Waals surface area (Å²) in [6.07, 6.45) is -4.70. The number of phenolic OH excluding ortho intramolecular Hbond substituents is 1. The molecule has 3 rings (SSSR count). The molecule has 0 saturated heterocycles. The summed E-state index contributed by atoms with van der Waals surface area (Å²) >= 11 is 17.5. The molecule has 0 aliphatic rings. The summed E-state index contributed by atoms with van der Waals surface area (Å²) in [5.41, 5.74) is -1.15. The number of alkyl halides is 3. The van der Waals surface area contributed by atoms with Crippen molar-refractivity contribution in [3.8, 4) is 17.2 Å². The Hall–Kier alpha value is -1.82. The summed E-state index contributed by atoms with van der Waals surface area (Å²) < 4.78 is 44.3. The minimum atomic E-state index is -4.70. The standard InChI is InChI=1S/C17H8Cl3F3O2/c18-12-7-11(17(21,22)23)14(19)15(20)16(12)25-9-5-4-8-2-1-3-13(24)10(8)6-9/h1-7,24H. The van der Waals surface area contributed by atoms with Crippen LogP contribution in [0.15, 0.2) is 42.5 Å². The predicted octanol–water partition coefficient (Wildman–Crippen LogP) is 7.32. The fraction of sp³-hybridized carbons (Fsp3) is 0.0588. The van der Waals surface area contributed by atoms with Gasteiger partial charge in [-0.25, -0.2) is 0 Å². The first-order valence-corrected chi connectivity index (χ1v) is 7.96. The Bertz CT molecular complexity index is 971. The van der Waals surface area contributed by atoms with E-state index in [1.165, 1.54) is 12.1 Å². The van der Waals surface area contributed by atoms with E-state index in [1.54, 1.807) is 24.3 Å². The molecule has 25 heavy (non-hydrogen) atoms. The minimum absolute atomic E-state index is 0.0330. The molecule has 0 bridgehead atoms. The molecule has 8 heteroatoms. The molecular weight excluding hydrogens is 400 g/mol. The van der Waals surface area contributed by atoms with Crippen molar-refractivity contribution in [1.29, 1.82) is 0 Å². The lowest BCUT2D eigenvalue weighted by Crippen LogP contribution is -2.06. The third kappa shape index (κ3) is 3.45. The van der Waals surface area contributed by atoms with Crippen LogP contribution in [0.5, 0.6) is 17.2 Å². The lowest BCUT2D eigenvalue weighted by atomic mass is 10.1. The number of benzene rings is 3. The lowest BCUT2D eigenvalue weighted by Gasteiger charge is -2.15. The Labute approximate surface area is 155 Å². The van der Waals surface area contributed by atoms with Gasteiger partial charge < -0.3 is 9.84 Å². The monoisotopic (exact) mass is 406 g/mol. The van der Waals surface area contributed by atoms with Crippen LogP contribution in [0.2, 0.25) is 15.1 Å². The minimum Gasteiger partial charge on any atom is -0.507 e. The molecule has 0 fully saturated rings. The summed E-state index contributed by atoms with van der Waals surface area (Å²) in [6, 6.07) is 10.4. The van der Waals surface area contributed by atoms with Gasteiger partial charge in [-0.1, -0.05) is 53.0 Å². The maximum atomic E-state index is 12.9. The number of rotatable bonds is 2. The van der Waals surface area contributed by atoms with Crippen molar-refractivity contribution >= 4 is 45.6 Å².